The van der Waals surface area contributed by atoms with E-state index in [1.807, 2.05) is 13.8 Å². The van der Waals surface area contributed by atoms with Gasteiger partial charge in [0.2, 0.25) is 0 Å². The van der Waals surface area contributed by atoms with Crippen molar-refractivity contribution in [3.05, 3.63) is 5.75 Å². The fourth-order valence-electron chi connectivity index (χ4n) is 0.149. The van der Waals surface area contributed by atoms with Crippen LogP contribution in [0.4, 0.5) is 0 Å². The van der Waals surface area contributed by atoms with Crippen molar-refractivity contribution in [3.63, 3.8) is 0 Å². The van der Waals surface area contributed by atoms with E-state index in [1.54, 1.807) is 0 Å². The van der Waals surface area contributed by atoms with E-state index in [4.69, 9.17) is 0 Å². The van der Waals surface area contributed by atoms with Crippen molar-refractivity contribution >= 4 is 18.4 Å². The zero-order valence-electron chi connectivity index (χ0n) is 4.51. The van der Waals surface area contributed by atoms with E-state index in [1.165, 1.54) is 5.75 Å². The van der Waals surface area contributed by atoms with Crippen LogP contribution in [0.1, 0.15) is 13.8 Å². The summed E-state index contributed by atoms with van der Waals surface area (Å²) < 4.78 is 0. The van der Waals surface area contributed by atoms with E-state index in [9.17, 15) is 4.79 Å². The summed E-state index contributed by atoms with van der Waals surface area (Å²) in [6.45, 7) is 3.68. The summed E-state index contributed by atoms with van der Waals surface area (Å²) in [6, 6.07) is 0. The van der Waals surface area contributed by atoms with Gasteiger partial charge in [0.1, 0.15) is 5.78 Å². The van der Waals surface area contributed by atoms with Gasteiger partial charge in [-0.05, 0) is 0 Å². The minimum atomic E-state index is 0.0864. The average Bonchev–Trinajstić information content (AvgIpc) is 1.65. The summed E-state index contributed by atoms with van der Waals surface area (Å²) >= 11 is 3.68. The molecule has 0 aliphatic rings. The van der Waals surface area contributed by atoms with Crippen LogP contribution in [0.15, 0.2) is 0 Å². The topological polar surface area (TPSA) is 17.1 Å². The zero-order valence-corrected chi connectivity index (χ0v) is 5.40. The van der Waals surface area contributed by atoms with E-state index in [0.29, 0.717) is 0 Å². The van der Waals surface area contributed by atoms with Crippen molar-refractivity contribution in [1.29, 1.82) is 0 Å². The third-order valence-corrected chi connectivity index (χ3v) is 0.951. The Hall–Kier alpha value is 0.0200. The molecule has 41 valence electrons. The molecule has 0 N–H and O–H groups in total. The summed E-state index contributed by atoms with van der Waals surface area (Å²) in [4.78, 5) is 10.4. The molecule has 0 aromatic heterocycles. The van der Waals surface area contributed by atoms with Crippen LogP contribution in [0.3, 0.4) is 0 Å². The van der Waals surface area contributed by atoms with Gasteiger partial charge in [0.15, 0.2) is 0 Å². The lowest BCUT2D eigenvalue weighted by Crippen LogP contribution is -2.03. The van der Waals surface area contributed by atoms with Crippen LogP contribution in [-0.4, -0.2) is 5.78 Å². The Labute approximate surface area is 49.5 Å². The first-order valence-corrected chi connectivity index (χ1v) is 2.71. The van der Waals surface area contributed by atoms with Gasteiger partial charge < -0.3 is 0 Å². The number of hydrogen-bond acceptors (Lipinski definition) is 2. The highest BCUT2D eigenvalue weighted by atomic mass is 32.1. The van der Waals surface area contributed by atoms with Crippen molar-refractivity contribution < 1.29 is 4.79 Å². The van der Waals surface area contributed by atoms with Crippen LogP contribution < -0.4 is 0 Å². The highest BCUT2D eigenvalue weighted by Gasteiger charge is 2.02. The number of carbonyl (C=O) groups excluding carboxylic acids is 1. The molecule has 0 amide bonds. The second kappa shape index (κ2) is 3.08. The van der Waals surface area contributed by atoms with Gasteiger partial charge in [0.05, 0.1) is 5.75 Å². The maximum atomic E-state index is 10.4. The molecule has 1 radical (unpaired) electrons. The van der Waals surface area contributed by atoms with Gasteiger partial charge in [-0.15, -0.1) is 0 Å². The maximum absolute atomic E-state index is 10.4. The van der Waals surface area contributed by atoms with Gasteiger partial charge in [-0.25, -0.2) is 0 Å². The molecular weight excluding hydrogens is 108 g/mol. The smallest absolute Gasteiger partial charge is 0.149 e. The van der Waals surface area contributed by atoms with E-state index in [2.05, 4.69) is 12.6 Å². The molecule has 0 aromatic carbocycles. The minimum absolute atomic E-state index is 0.0864. The van der Waals surface area contributed by atoms with Gasteiger partial charge in [-0.2, -0.15) is 12.6 Å². The summed E-state index contributed by atoms with van der Waals surface area (Å²) in [6.07, 6.45) is 0. The molecule has 2 heteroatoms. The largest absolute Gasteiger partial charge is 0.298 e. The Bertz CT molecular complexity index is 68.5. The Balaban J connectivity index is 3.35. The standard InChI is InChI=1S/C5H9OS/c1-4(2)5(6)3-7/h3-4,7H,1-2H3. The highest BCUT2D eigenvalue weighted by molar-refractivity contribution is 7.83. The zero-order chi connectivity index (χ0) is 5.86. The van der Waals surface area contributed by atoms with E-state index >= 15 is 0 Å². The second-order valence-electron chi connectivity index (χ2n) is 1.69. The van der Waals surface area contributed by atoms with Gasteiger partial charge in [0, 0.05) is 5.92 Å². The number of ketones is 1. The Morgan fingerprint density at radius 1 is 1.71 bits per heavy atom. The first-order chi connectivity index (χ1) is 3.18. The van der Waals surface area contributed by atoms with Crippen LogP contribution in [0.5, 0.6) is 0 Å². The number of thiol groups is 1. The predicted molar refractivity (Wildman–Crippen MR) is 33.1 cm³/mol. The Morgan fingerprint density at radius 3 is 2.14 bits per heavy atom. The third kappa shape index (κ3) is 2.68. The Morgan fingerprint density at radius 2 is 2.14 bits per heavy atom. The summed E-state index contributed by atoms with van der Waals surface area (Å²) in [5, 5.41) is 0. The fraction of sp³-hybridized carbons (Fsp3) is 0.600. The number of carbonyl (C=O) groups is 1. The lowest BCUT2D eigenvalue weighted by Gasteiger charge is -1.95. The van der Waals surface area contributed by atoms with Crippen LogP contribution in [0.2, 0.25) is 0 Å². The van der Waals surface area contributed by atoms with E-state index in [-0.39, 0.29) is 11.7 Å². The van der Waals surface area contributed by atoms with Crippen LogP contribution in [0.25, 0.3) is 0 Å². The van der Waals surface area contributed by atoms with Crippen LogP contribution in [-0.2, 0) is 4.79 Å². The third-order valence-electron chi connectivity index (χ3n) is 0.696. The molecule has 0 heterocycles. The van der Waals surface area contributed by atoms with Crippen molar-refractivity contribution in [2.75, 3.05) is 0 Å². The van der Waals surface area contributed by atoms with Crippen molar-refractivity contribution in [2.24, 2.45) is 5.92 Å². The summed E-state index contributed by atoms with van der Waals surface area (Å²) in [7, 11) is 0. The second-order valence-corrected chi connectivity index (χ2v) is 1.94. The van der Waals surface area contributed by atoms with Gasteiger partial charge in [-0.3, -0.25) is 4.79 Å². The SMILES string of the molecule is CC(C)C(=O)[CH]S. The molecule has 0 aliphatic heterocycles. The molecule has 0 bridgehead atoms. The highest BCUT2D eigenvalue weighted by Crippen LogP contribution is 1.98. The minimum Gasteiger partial charge on any atom is -0.298 e. The molecular formula is C5H9OS. The number of Topliss-reactive ketones (excluding diaryl/α,β-unsaturated/α-hetero) is 1. The van der Waals surface area contributed by atoms with E-state index in [0.717, 1.165) is 0 Å². The van der Waals surface area contributed by atoms with Crippen LogP contribution >= 0.6 is 12.6 Å². The molecule has 0 spiro atoms. The lowest BCUT2D eigenvalue weighted by atomic mass is 10.1. The summed E-state index contributed by atoms with van der Waals surface area (Å²) in [5.41, 5.74) is 0. The molecule has 0 atom stereocenters. The normalized spacial score (nSPS) is 9.71. The fourth-order valence-corrected chi connectivity index (χ4v) is 0.447. The average molecular weight is 117 g/mol. The van der Waals surface area contributed by atoms with Crippen molar-refractivity contribution in [3.8, 4) is 0 Å². The number of rotatable bonds is 2. The molecule has 1 nitrogen and oxygen atoms in total. The molecule has 0 fully saturated rings. The van der Waals surface area contributed by atoms with Gasteiger partial charge in [-0.1, -0.05) is 13.8 Å². The number of hydrogen-bond donors (Lipinski definition) is 1. The molecule has 0 aromatic rings. The Kier molecular flexibility index (Phi) is 3.09. The molecule has 7 heavy (non-hydrogen) atoms. The molecule has 0 aliphatic carbocycles. The quantitative estimate of drug-likeness (QED) is 0.539. The monoisotopic (exact) mass is 117 g/mol. The first kappa shape index (κ1) is 7.02. The summed E-state index contributed by atoms with van der Waals surface area (Å²) in [5.74, 6) is 1.48. The van der Waals surface area contributed by atoms with Gasteiger partial charge in [0.25, 0.3) is 0 Å². The van der Waals surface area contributed by atoms with Crippen LogP contribution in [0, 0.1) is 11.7 Å². The molecule has 0 saturated carbocycles. The molecule has 0 rings (SSSR count). The lowest BCUT2D eigenvalue weighted by molar-refractivity contribution is -0.117. The first-order valence-electron chi connectivity index (χ1n) is 2.19. The maximum Gasteiger partial charge on any atom is 0.149 e. The van der Waals surface area contributed by atoms with Crippen molar-refractivity contribution in [2.45, 2.75) is 13.8 Å². The molecule has 0 unspecified atom stereocenters. The van der Waals surface area contributed by atoms with Gasteiger partial charge >= 0.3 is 0 Å². The molecule has 0 saturated heterocycles. The predicted octanol–water partition coefficient (Wildman–Crippen LogP) is 1.30. The van der Waals surface area contributed by atoms with Crippen molar-refractivity contribution in [1.82, 2.24) is 0 Å². The van der Waals surface area contributed by atoms with E-state index < -0.39 is 0 Å².